The van der Waals surface area contributed by atoms with Crippen LogP contribution in [0.3, 0.4) is 0 Å². The van der Waals surface area contributed by atoms with Gasteiger partial charge in [0, 0.05) is 36.2 Å². The minimum atomic E-state index is -0.779. The Labute approximate surface area is 96.4 Å². The molecule has 4 nitrogen and oxygen atoms in total. The van der Waals surface area contributed by atoms with E-state index in [0.717, 1.165) is 12.8 Å². The van der Waals surface area contributed by atoms with Crippen LogP contribution in [0.2, 0.25) is 0 Å². The molecule has 0 aromatic rings. The van der Waals surface area contributed by atoms with Crippen molar-refractivity contribution in [2.24, 2.45) is 16.3 Å². The van der Waals surface area contributed by atoms with Crippen LogP contribution in [0.5, 0.6) is 0 Å². The fourth-order valence-electron chi connectivity index (χ4n) is 2.94. The molecule has 1 aliphatic carbocycles. The van der Waals surface area contributed by atoms with Gasteiger partial charge in [-0.25, -0.2) is 4.79 Å². The standard InChI is InChI=1S/C12H20N2O2/c1-8(2)13-10-6-12(9(10)3)4-5-14(7-12)11(15)16/h8-9H,4-7H2,1-3H3,(H,15,16)/b13-10+. The number of rotatable bonds is 1. The number of likely N-dealkylation sites (tertiary alicyclic amines) is 1. The van der Waals surface area contributed by atoms with E-state index in [1.165, 1.54) is 5.71 Å². The first-order chi connectivity index (χ1) is 7.44. The van der Waals surface area contributed by atoms with Gasteiger partial charge in [-0.3, -0.25) is 4.99 Å². The second kappa shape index (κ2) is 3.75. The van der Waals surface area contributed by atoms with Gasteiger partial charge < -0.3 is 10.0 Å². The predicted octanol–water partition coefficient (Wildman–Crippen LogP) is 2.25. The van der Waals surface area contributed by atoms with Gasteiger partial charge >= 0.3 is 6.09 Å². The Kier molecular flexibility index (Phi) is 2.68. The Hall–Kier alpha value is -1.06. The Balaban J connectivity index is 2.02. The Morgan fingerprint density at radius 1 is 1.62 bits per heavy atom. The monoisotopic (exact) mass is 224 g/mol. The lowest BCUT2D eigenvalue weighted by atomic mass is 9.59. The molecule has 4 heteroatoms. The summed E-state index contributed by atoms with van der Waals surface area (Å²) in [5.41, 5.74) is 1.48. The van der Waals surface area contributed by atoms with Crippen molar-refractivity contribution < 1.29 is 9.90 Å². The number of nitrogens with zero attached hydrogens (tertiary/aromatic N) is 2. The molecule has 1 N–H and O–H groups in total. The van der Waals surface area contributed by atoms with E-state index in [2.05, 4.69) is 25.8 Å². The molecule has 2 atom stereocenters. The number of carboxylic acid groups (broad SMARTS) is 1. The summed E-state index contributed by atoms with van der Waals surface area (Å²) >= 11 is 0. The molecule has 90 valence electrons. The Morgan fingerprint density at radius 2 is 2.31 bits per heavy atom. The number of aliphatic imine (C=N–C) groups is 1. The van der Waals surface area contributed by atoms with Crippen LogP contribution in [0.25, 0.3) is 0 Å². The first-order valence-corrected chi connectivity index (χ1v) is 5.99. The molecule has 1 amide bonds. The highest BCUT2D eigenvalue weighted by Gasteiger charge is 2.53. The smallest absolute Gasteiger partial charge is 0.407 e. The second-order valence-corrected chi connectivity index (χ2v) is 5.43. The predicted molar refractivity (Wildman–Crippen MR) is 63.0 cm³/mol. The third-order valence-electron chi connectivity index (χ3n) is 4.03. The van der Waals surface area contributed by atoms with E-state index in [-0.39, 0.29) is 5.41 Å². The lowest BCUT2D eigenvalue weighted by molar-refractivity contribution is 0.136. The van der Waals surface area contributed by atoms with E-state index < -0.39 is 6.09 Å². The van der Waals surface area contributed by atoms with Crippen molar-refractivity contribution in [3.8, 4) is 0 Å². The molecular formula is C12H20N2O2. The zero-order valence-electron chi connectivity index (χ0n) is 10.2. The average Bonchev–Trinajstić information content (AvgIpc) is 2.63. The van der Waals surface area contributed by atoms with Crippen LogP contribution < -0.4 is 0 Å². The van der Waals surface area contributed by atoms with E-state index >= 15 is 0 Å². The summed E-state index contributed by atoms with van der Waals surface area (Å²) in [7, 11) is 0. The van der Waals surface area contributed by atoms with Gasteiger partial charge in [-0.05, 0) is 26.7 Å². The molecule has 0 radical (unpaired) electrons. The molecule has 1 aliphatic heterocycles. The van der Waals surface area contributed by atoms with E-state index in [4.69, 9.17) is 5.11 Å². The van der Waals surface area contributed by atoms with Crippen LogP contribution >= 0.6 is 0 Å². The van der Waals surface area contributed by atoms with Crippen molar-refractivity contribution in [1.82, 2.24) is 4.90 Å². The van der Waals surface area contributed by atoms with Crippen LogP contribution in [0.4, 0.5) is 4.79 Å². The Bertz CT molecular complexity index is 338. The fourth-order valence-corrected chi connectivity index (χ4v) is 2.94. The number of amides is 1. The van der Waals surface area contributed by atoms with Crippen molar-refractivity contribution in [1.29, 1.82) is 0 Å². The fraction of sp³-hybridized carbons (Fsp3) is 0.833. The summed E-state index contributed by atoms with van der Waals surface area (Å²) in [4.78, 5) is 17.0. The molecular weight excluding hydrogens is 204 g/mol. The van der Waals surface area contributed by atoms with Gasteiger partial charge in [0.2, 0.25) is 0 Å². The van der Waals surface area contributed by atoms with Gasteiger partial charge in [-0.1, -0.05) is 6.92 Å². The molecule has 2 rings (SSSR count). The maximum atomic E-state index is 10.9. The minimum absolute atomic E-state index is 0.201. The zero-order chi connectivity index (χ0) is 11.9. The van der Waals surface area contributed by atoms with Gasteiger partial charge in [0.15, 0.2) is 0 Å². The highest BCUT2D eigenvalue weighted by atomic mass is 16.4. The third kappa shape index (κ3) is 1.70. The highest BCUT2D eigenvalue weighted by molar-refractivity contribution is 5.94. The van der Waals surface area contributed by atoms with E-state index in [1.807, 2.05) is 0 Å². The van der Waals surface area contributed by atoms with Gasteiger partial charge in [0.05, 0.1) is 0 Å². The summed E-state index contributed by atoms with van der Waals surface area (Å²) in [5, 5.41) is 8.96. The van der Waals surface area contributed by atoms with Crippen molar-refractivity contribution in [3.05, 3.63) is 0 Å². The summed E-state index contributed by atoms with van der Waals surface area (Å²) in [6.45, 7) is 7.75. The molecule has 0 aromatic carbocycles. The van der Waals surface area contributed by atoms with Crippen LogP contribution in [0, 0.1) is 11.3 Å². The largest absolute Gasteiger partial charge is 0.465 e. The molecule has 1 saturated carbocycles. The lowest BCUT2D eigenvalue weighted by Gasteiger charge is -2.46. The molecule has 16 heavy (non-hydrogen) atoms. The van der Waals surface area contributed by atoms with Gasteiger partial charge in [0.25, 0.3) is 0 Å². The van der Waals surface area contributed by atoms with Crippen LogP contribution in [0.1, 0.15) is 33.6 Å². The third-order valence-corrected chi connectivity index (χ3v) is 4.03. The minimum Gasteiger partial charge on any atom is -0.465 e. The average molecular weight is 224 g/mol. The summed E-state index contributed by atoms with van der Waals surface area (Å²) in [6.07, 6.45) is 1.21. The summed E-state index contributed by atoms with van der Waals surface area (Å²) < 4.78 is 0. The molecule has 0 bridgehead atoms. The number of carbonyl (C=O) groups is 1. The van der Waals surface area contributed by atoms with Gasteiger partial charge in [0.1, 0.15) is 0 Å². The Morgan fingerprint density at radius 3 is 2.75 bits per heavy atom. The molecule has 0 aromatic heterocycles. The van der Waals surface area contributed by atoms with Gasteiger partial charge in [-0.2, -0.15) is 0 Å². The summed E-state index contributed by atoms with van der Waals surface area (Å²) in [6, 6.07) is 0.353. The van der Waals surface area contributed by atoms with E-state index in [1.54, 1.807) is 4.90 Å². The van der Waals surface area contributed by atoms with Crippen molar-refractivity contribution >= 4 is 11.8 Å². The first kappa shape index (κ1) is 11.4. The second-order valence-electron chi connectivity index (χ2n) is 5.43. The molecule has 1 saturated heterocycles. The van der Waals surface area contributed by atoms with Crippen molar-refractivity contribution in [2.45, 2.75) is 39.7 Å². The van der Waals surface area contributed by atoms with Crippen LogP contribution in [0.15, 0.2) is 4.99 Å². The SMILES string of the molecule is CC(C)/N=C1\CC2(CCN(C(=O)O)C2)C1C. The normalized spacial score (nSPS) is 36.1. The van der Waals surface area contributed by atoms with E-state index in [9.17, 15) is 4.79 Å². The maximum Gasteiger partial charge on any atom is 0.407 e. The van der Waals surface area contributed by atoms with Crippen molar-refractivity contribution in [3.63, 3.8) is 0 Å². The number of hydrogen-bond acceptors (Lipinski definition) is 2. The lowest BCUT2D eigenvalue weighted by Crippen LogP contribution is -2.49. The topological polar surface area (TPSA) is 52.9 Å². The molecule has 2 fully saturated rings. The first-order valence-electron chi connectivity index (χ1n) is 5.99. The van der Waals surface area contributed by atoms with Crippen LogP contribution in [-0.4, -0.2) is 40.9 Å². The van der Waals surface area contributed by atoms with Crippen molar-refractivity contribution in [2.75, 3.05) is 13.1 Å². The van der Waals surface area contributed by atoms with E-state index in [0.29, 0.717) is 25.0 Å². The highest BCUT2D eigenvalue weighted by Crippen LogP contribution is 2.51. The molecule has 1 heterocycles. The summed E-state index contributed by atoms with van der Waals surface area (Å²) in [5.74, 6) is 0.458. The zero-order valence-corrected chi connectivity index (χ0v) is 10.2. The maximum absolute atomic E-state index is 10.9. The van der Waals surface area contributed by atoms with Gasteiger partial charge in [-0.15, -0.1) is 0 Å². The molecule has 2 aliphatic rings. The molecule has 2 unspecified atom stereocenters. The number of hydrogen-bond donors (Lipinski definition) is 1. The van der Waals surface area contributed by atoms with Crippen LogP contribution in [-0.2, 0) is 0 Å². The quantitative estimate of drug-likeness (QED) is 0.742. The molecule has 1 spiro atoms.